The van der Waals surface area contributed by atoms with Crippen molar-refractivity contribution in [2.45, 2.75) is 32.7 Å². The Morgan fingerprint density at radius 2 is 2.17 bits per heavy atom. The van der Waals surface area contributed by atoms with E-state index in [-0.39, 0.29) is 0 Å². The highest BCUT2D eigenvalue weighted by atomic mass is 32.1. The molecule has 1 aliphatic rings. The van der Waals surface area contributed by atoms with Crippen LogP contribution in [0.15, 0.2) is 35.8 Å². The van der Waals surface area contributed by atoms with Gasteiger partial charge in [-0.1, -0.05) is 30.3 Å². The minimum atomic E-state index is 0.806. The molecule has 2 heterocycles. The van der Waals surface area contributed by atoms with Crippen LogP contribution in [-0.4, -0.2) is 36.1 Å². The van der Waals surface area contributed by atoms with Gasteiger partial charge in [0.25, 0.3) is 0 Å². The maximum absolute atomic E-state index is 4.41. The lowest BCUT2D eigenvalue weighted by molar-refractivity contribution is 0.228. The molecule has 0 saturated carbocycles. The minimum absolute atomic E-state index is 0.806. The molecule has 2 aromatic rings. The zero-order chi connectivity index (χ0) is 15.9. The summed E-state index contributed by atoms with van der Waals surface area (Å²) in [5.74, 6) is 0.806. The van der Waals surface area contributed by atoms with E-state index in [1.807, 2.05) is 5.51 Å². The quantitative estimate of drug-likeness (QED) is 0.803. The average Bonchev–Trinajstić information content (AvgIpc) is 3.21. The van der Waals surface area contributed by atoms with E-state index in [0.29, 0.717) is 0 Å². The Morgan fingerprint density at radius 1 is 1.30 bits per heavy atom. The van der Waals surface area contributed by atoms with E-state index in [2.05, 4.69) is 52.5 Å². The van der Waals surface area contributed by atoms with Gasteiger partial charge in [0.1, 0.15) is 0 Å². The molecular weight excluding hydrogens is 302 g/mol. The van der Waals surface area contributed by atoms with Crippen LogP contribution in [0.25, 0.3) is 0 Å². The van der Waals surface area contributed by atoms with E-state index in [4.69, 9.17) is 0 Å². The topological polar surface area (TPSA) is 28.2 Å². The number of hydrogen-bond donors (Lipinski definition) is 1. The highest BCUT2D eigenvalue weighted by Crippen LogP contribution is 2.18. The van der Waals surface area contributed by atoms with Gasteiger partial charge in [-0.25, -0.2) is 4.98 Å². The maximum atomic E-state index is 4.41. The second kappa shape index (κ2) is 8.57. The predicted octanol–water partition coefficient (Wildman–Crippen LogP) is 3.50. The molecule has 23 heavy (non-hydrogen) atoms. The highest BCUT2D eigenvalue weighted by Gasteiger charge is 2.19. The van der Waals surface area contributed by atoms with Gasteiger partial charge in [0.15, 0.2) is 0 Å². The van der Waals surface area contributed by atoms with Crippen molar-refractivity contribution in [1.29, 1.82) is 0 Å². The standard InChI is InChI=1S/C19H27N3S/c1-16-19(23-15-21-16)14-22(13-18-9-10-20-12-18)11-5-8-17-6-3-2-4-7-17/h2-4,6-7,15,18,20H,5,8-14H2,1H3. The third-order valence-corrected chi connectivity index (χ3v) is 5.59. The first-order chi connectivity index (χ1) is 11.3. The van der Waals surface area contributed by atoms with Crippen molar-refractivity contribution in [3.8, 4) is 0 Å². The van der Waals surface area contributed by atoms with Gasteiger partial charge in [-0.05, 0) is 57.3 Å². The smallest absolute Gasteiger partial charge is 0.0798 e. The summed E-state index contributed by atoms with van der Waals surface area (Å²) in [6.07, 6.45) is 3.71. The summed E-state index contributed by atoms with van der Waals surface area (Å²) in [6.45, 7) is 7.92. The van der Waals surface area contributed by atoms with Gasteiger partial charge in [-0.3, -0.25) is 4.90 Å². The third kappa shape index (κ3) is 5.13. The van der Waals surface area contributed by atoms with Crippen LogP contribution in [0.3, 0.4) is 0 Å². The number of rotatable bonds is 8. The summed E-state index contributed by atoms with van der Waals surface area (Å²) >= 11 is 1.80. The number of aromatic nitrogens is 1. The number of thiazole rings is 1. The van der Waals surface area contributed by atoms with Gasteiger partial charge in [0.05, 0.1) is 11.2 Å². The molecule has 1 N–H and O–H groups in total. The Hall–Kier alpha value is -1.23. The molecule has 3 nitrogen and oxygen atoms in total. The molecule has 0 radical (unpaired) electrons. The molecule has 0 spiro atoms. The Balaban J connectivity index is 1.54. The van der Waals surface area contributed by atoms with E-state index in [0.717, 1.165) is 12.5 Å². The molecule has 1 atom stereocenters. The maximum Gasteiger partial charge on any atom is 0.0798 e. The Morgan fingerprint density at radius 3 is 2.87 bits per heavy atom. The van der Waals surface area contributed by atoms with Crippen molar-refractivity contribution in [3.63, 3.8) is 0 Å². The summed E-state index contributed by atoms with van der Waals surface area (Å²) in [7, 11) is 0. The van der Waals surface area contributed by atoms with Crippen molar-refractivity contribution < 1.29 is 0 Å². The first-order valence-electron chi connectivity index (χ1n) is 8.67. The van der Waals surface area contributed by atoms with E-state index in [1.54, 1.807) is 11.3 Å². The monoisotopic (exact) mass is 329 g/mol. The Bertz CT molecular complexity index is 575. The molecule has 1 saturated heterocycles. The fourth-order valence-corrected chi connectivity index (χ4v) is 4.12. The second-order valence-corrected chi connectivity index (χ2v) is 7.48. The van der Waals surface area contributed by atoms with E-state index in [1.165, 1.54) is 61.6 Å². The molecule has 1 fully saturated rings. The molecule has 1 aromatic heterocycles. The highest BCUT2D eigenvalue weighted by molar-refractivity contribution is 7.09. The molecule has 4 heteroatoms. The summed E-state index contributed by atoms with van der Waals surface area (Å²) in [6, 6.07) is 10.8. The zero-order valence-electron chi connectivity index (χ0n) is 14.0. The van der Waals surface area contributed by atoms with Crippen LogP contribution in [0.5, 0.6) is 0 Å². The van der Waals surface area contributed by atoms with Crippen LogP contribution >= 0.6 is 11.3 Å². The normalized spacial score (nSPS) is 17.9. The molecule has 1 aliphatic heterocycles. The van der Waals surface area contributed by atoms with Gasteiger partial charge in [0.2, 0.25) is 0 Å². The van der Waals surface area contributed by atoms with Crippen LogP contribution in [0.1, 0.15) is 29.0 Å². The second-order valence-electron chi connectivity index (χ2n) is 6.54. The number of benzene rings is 1. The summed E-state index contributed by atoms with van der Waals surface area (Å²) < 4.78 is 0. The fourth-order valence-electron chi connectivity index (χ4n) is 3.30. The average molecular weight is 330 g/mol. The summed E-state index contributed by atoms with van der Waals surface area (Å²) in [5.41, 5.74) is 4.63. The van der Waals surface area contributed by atoms with E-state index >= 15 is 0 Å². The first kappa shape index (κ1) is 16.6. The van der Waals surface area contributed by atoms with Gasteiger partial charge in [-0.2, -0.15) is 0 Å². The van der Waals surface area contributed by atoms with E-state index < -0.39 is 0 Å². The van der Waals surface area contributed by atoms with Crippen LogP contribution in [-0.2, 0) is 13.0 Å². The molecule has 124 valence electrons. The van der Waals surface area contributed by atoms with Crippen LogP contribution in [0.4, 0.5) is 0 Å². The predicted molar refractivity (Wildman–Crippen MR) is 97.9 cm³/mol. The lowest BCUT2D eigenvalue weighted by atomic mass is 10.1. The number of nitrogens with one attached hydrogen (secondary N) is 1. The first-order valence-corrected chi connectivity index (χ1v) is 9.55. The van der Waals surface area contributed by atoms with Crippen molar-refractivity contribution in [3.05, 3.63) is 52.0 Å². The van der Waals surface area contributed by atoms with Gasteiger partial charge in [0, 0.05) is 18.0 Å². The van der Waals surface area contributed by atoms with Crippen molar-refractivity contribution in [2.24, 2.45) is 5.92 Å². The number of aryl methyl sites for hydroxylation is 2. The van der Waals surface area contributed by atoms with Crippen molar-refractivity contribution >= 4 is 11.3 Å². The third-order valence-electron chi connectivity index (χ3n) is 4.67. The lowest BCUT2D eigenvalue weighted by Gasteiger charge is -2.25. The Labute approximate surface area is 143 Å². The van der Waals surface area contributed by atoms with Gasteiger partial charge < -0.3 is 5.32 Å². The Kier molecular flexibility index (Phi) is 6.20. The molecule has 0 aliphatic carbocycles. The summed E-state index contributed by atoms with van der Waals surface area (Å²) in [5, 5.41) is 3.49. The van der Waals surface area contributed by atoms with Crippen LogP contribution in [0.2, 0.25) is 0 Å². The molecule has 0 amide bonds. The number of nitrogens with zero attached hydrogens (tertiary/aromatic N) is 2. The van der Waals surface area contributed by atoms with Crippen molar-refractivity contribution in [1.82, 2.24) is 15.2 Å². The molecule has 1 aromatic carbocycles. The van der Waals surface area contributed by atoms with Crippen molar-refractivity contribution in [2.75, 3.05) is 26.2 Å². The molecule has 1 unspecified atom stereocenters. The van der Waals surface area contributed by atoms with Gasteiger partial charge >= 0.3 is 0 Å². The van der Waals surface area contributed by atoms with Gasteiger partial charge in [-0.15, -0.1) is 11.3 Å². The van der Waals surface area contributed by atoms with Crippen LogP contribution < -0.4 is 5.32 Å². The molecule has 3 rings (SSSR count). The number of hydrogen-bond acceptors (Lipinski definition) is 4. The molecule has 0 bridgehead atoms. The zero-order valence-corrected chi connectivity index (χ0v) is 14.8. The van der Waals surface area contributed by atoms with E-state index in [9.17, 15) is 0 Å². The summed E-state index contributed by atoms with van der Waals surface area (Å²) in [4.78, 5) is 8.48. The fraction of sp³-hybridized carbons (Fsp3) is 0.526. The SMILES string of the molecule is Cc1ncsc1CN(CCCc1ccccc1)CC1CCNC1. The van der Waals surface area contributed by atoms with Crippen LogP contribution in [0, 0.1) is 12.8 Å². The lowest BCUT2D eigenvalue weighted by Crippen LogP contribution is -2.31. The molecular formula is C19H27N3S. The minimum Gasteiger partial charge on any atom is -0.316 e. The largest absolute Gasteiger partial charge is 0.316 e.